The zero-order chi connectivity index (χ0) is 18.9. The lowest BCUT2D eigenvalue weighted by atomic mass is 10.2. The predicted molar refractivity (Wildman–Crippen MR) is 96.4 cm³/mol. The summed E-state index contributed by atoms with van der Waals surface area (Å²) in [6.07, 6.45) is 0.936. The number of carbonyl (C=O) groups excluding carboxylic acids is 2. The highest BCUT2D eigenvalue weighted by Crippen LogP contribution is 2.13. The first-order chi connectivity index (χ1) is 12.5. The summed E-state index contributed by atoms with van der Waals surface area (Å²) in [4.78, 5) is 34.1. The second-order valence-electron chi connectivity index (χ2n) is 5.49. The predicted octanol–water partition coefficient (Wildman–Crippen LogP) is 2.08. The fourth-order valence-corrected chi connectivity index (χ4v) is 2.13. The van der Waals surface area contributed by atoms with E-state index in [1.54, 1.807) is 12.1 Å². The largest absolute Gasteiger partial charge is 0.484 e. The maximum absolute atomic E-state index is 11.9. The summed E-state index contributed by atoms with van der Waals surface area (Å²) in [5.74, 6) is -1.33. The summed E-state index contributed by atoms with van der Waals surface area (Å²) < 4.78 is 5.42. The van der Waals surface area contributed by atoms with Crippen molar-refractivity contribution >= 4 is 23.5 Å². The molecule has 0 radical (unpaired) electrons. The molecule has 0 bridgehead atoms. The smallest absolute Gasteiger partial charge is 0.322 e. The fourth-order valence-electron chi connectivity index (χ4n) is 2.13. The molecule has 0 saturated carbocycles. The second-order valence-corrected chi connectivity index (χ2v) is 5.49. The number of hydrogen-bond donors (Lipinski definition) is 3. The van der Waals surface area contributed by atoms with E-state index < -0.39 is 18.4 Å². The van der Waals surface area contributed by atoms with Crippen LogP contribution in [0.25, 0.3) is 0 Å². The Morgan fingerprint density at radius 3 is 2.23 bits per heavy atom. The number of nitrogens with one attached hydrogen (secondary N) is 2. The van der Waals surface area contributed by atoms with Gasteiger partial charge in [-0.3, -0.25) is 14.4 Å². The van der Waals surface area contributed by atoms with Gasteiger partial charge in [0.05, 0.1) is 0 Å². The van der Waals surface area contributed by atoms with Crippen LogP contribution in [0.1, 0.15) is 22.8 Å². The van der Waals surface area contributed by atoms with Crippen molar-refractivity contribution in [2.24, 2.45) is 0 Å². The maximum atomic E-state index is 11.9. The molecule has 0 spiro atoms. The third kappa shape index (κ3) is 5.94. The Morgan fingerprint density at radius 1 is 1.00 bits per heavy atom. The fraction of sp³-hybridized carbons (Fsp3) is 0.211. The summed E-state index contributed by atoms with van der Waals surface area (Å²) in [5.41, 5.74) is 2.00. The van der Waals surface area contributed by atoms with Gasteiger partial charge >= 0.3 is 5.97 Å². The van der Waals surface area contributed by atoms with Gasteiger partial charge in [0.1, 0.15) is 12.3 Å². The molecule has 26 heavy (non-hydrogen) atoms. The summed E-state index contributed by atoms with van der Waals surface area (Å²) in [6, 6.07) is 13.6. The van der Waals surface area contributed by atoms with E-state index in [9.17, 15) is 14.4 Å². The minimum Gasteiger partial charge on any atom is -0.484 e. The van der Waals surface area contributed by atoms with Crippen LogP contribution >= 0.6 is 0 Å². The van der Waals surface area contributed by atoms with Gasteiger partial charge in [-0.2, -0.15) is 0 Å². The molecule has 0 unspecified atom stereocenters. The van der Waals surface area contributed by atoms with Gasteiger partial charge in [0.2, 0.25) is 0 Å². The average Bonchev–Trinajstić information content (AvgIpc) is 2.65. The Balaban J connectivity index is 1.82. The second kappa shape index (κ2) is 9.22. The number of anilines is 1. The minimum absolute atomic E-state index is 0.133. The molecule has 3 N–H and O–H groups in total. The molecule has 0 saturated heterocycles. The molecular weight excluding hydrogens is 336 g/mol. The van der Waals surface area contributed by atoms with Gasteiger partial charge in [-0.25, -0.2) is 0 Å². The van der Waals surface area contributed by atoms with E-state index in [1.165, 1.54) is 17.7 Å². The Morgan fingerprint density at radius 2 is 1.65 bits per heavy atom. The lowest BCUT2D eigenvalue weighted by Crippen LogP contribution is -2.29. The van der Waals surface area contributed by atoms with Gasteiger partial charge < -0.3 is 20.5 Å². The number of rotatable bonds is 8. The molecule has 2 amide bonds. The molecular formula is C19H20N2O5. The third-order valence-electron chi connectivity index (χ3n) is 3.53. The highest BCUT2D eigenvalue weighted by Gasteiger charge is 2.08. The summed E-state index contributed by atoms with van der Waals surface area (Å²) in [6.45, 7) is 1.48. The highest BCUT2D eigenvalue weighted by atomic mass is 16.5. The van der Waals surface area contributed by atoms with Crippen LogP contribution < -0.4 is 15.4 Å². The first-order valence-electron chi connectivity index (χ1n) is 8.09. The molecule has 7 heteroatoms. The van der Waals surface area contributed by atoms with Crippen LogP contribution in [0.5, 0.6) is 5.75 Å². The van der Waals surface area contributed by atoms with Gasteiger partial charge in [-0.05, 0) is 48.4 Å². The first-order valence-corrected chi connectivity index (χ1v) is 8.09. The third-order valence-corrected chi connectivity index (χ3v) is 3.53. The molecule has 0 aliphatic rings. The molecule has 2 aromatic rings. The molecule has 0 aliphatic carbocycles. The number of carbonyl (C=O) groups is 3. The van der Waals surface area contributed by atoms with Crippen LogP contribution in [0.4, 0.5) is 5.69 Å². The van der Waals surface area contributed by atoms with Gasteiger partial charge in [-0.15, -0.1) is 0 Å². The molecule has 0 aliphatic heterocycles. The van der Waals surface area contributed by atoms with Crippen molar-refractivity contribution in [3.8, 4) is 5.75 Å². The number of carboxylic acid groups (broad SMARTS) is 1. The quantitative estimate of drug-likeness (QED) is 0.672. The van der Waals surface area contributed by atoms with E-state index in [4.69, 9.17) is 9.84 Å². The van der Waals surface area contributed by atoms with Crippen molar-refractivity contribution in [2.75, 3.05) is 18.5 Å². The summed E-state index contributed by atoms with van der Waals surface area (Å²) in [7, 11) is 0. The van der Waals surface area contributed by atoms with Gasteiger partial charge in [0.15, 0.2) is 6.61 Å². The number of aryl methyl sites for hydroxylation is 1. The van der Waals surface area contributed by atoms with Gasteiger partial charge in [0.25, 0.3) is 11.8 Å². The standard InChI is InChI=1S/C19H20N2O5/c1-2-13-3-9-16(10-4-13)26-12-17(22)21-15-7-5-14(6-8-15)19(25)20-11-18(23)24/h3-10H,2,11-12H2,1H3,(H,20,25)(H,21,22)(H,23,24). The molecule has 136 valence electrons. The molecule has 2 rings (SSSR count). The summed E-state index contributed by atoms with van der Waals surface area (Å²) in [5, 5.41) is 13.5. The summed E-state index contributed by atoms with van der Waals surface area (Å²) >= 11 is 0. The van der Waals surface area contributed by atoms with Crippen LogP contribution in [0.2, 0.25) is 0 Å². The first kappa shape index (κ1) is 19.0. The number of ether oxygens (including phenoxy) is 1. The Bertz CT molecular complexity index is 770. The molecule has 2 aromatic carbocycles. The van der Waals surface area contributed by atoms with E-state index in [2.05, 4.69) is 17.6 Å². The number of carboxylic acids is 1. The van der Waals surface area contributed by atoms with E-state index in [-0.39, 0.29) is 12.5 Å². The average molecular weight is 356 g/mol. The molecule has 7 nitrogen and oxygen atoms in total. The van der Waals surface area contributed by atoms with Crippen molar-refractivity contribution in [3.63, 3.8) is 0 Å². The van der Waals surface area contributed by atoms with E-state index in [1.807, 2.05) is 24.3 Å². The van der Waals surface area contributed by atoms with Crippen LogP contribution in [-0.4, -0.2) is 36.0 Å². The van der Waals surface area contributed by atoms with Crippen molar-refractivity contribution in [2.45, 2.75) is 13.3 Å². The highest BCUT2D eigenvalue weighted by molar-refractivity contribution is 5.97. The lowest BCUT2D eigenvalue weighted by molar-refractivity contribution is -0.135. The van der Waals surface area contributed by atoms with Crippen LogP contribution in [0, 0.1) is 0 Å². The zero-order valence-corrected chi connectivity index (χ0v) is 14.3. The lowest BCUT2D eigenvalue weighted by Gasteiger charge is -2.09. The van der Waals surface area contributed by atoms with Gasteiger partial charge in [0, 0.05) is 11.3 Å². The molecule has 0 aromatic heterocycles. The van der Waals surface area contributed by atoms with Crippen LogP contribution in [0.3, 0.4) is 0 Å². The Labute approximate surface area is 151 Å². The molecule has 0 atom stereocenters. The molecule has 0 heterocycles. The van der Waals surface area contributed by atoms with Crippen molar-refractivity contribution in [3.05, 3.63) is 59.7 Å². The number of amides is 2. The Hall–Kier alpha value is -3.35. The van der Waals surface area contributed by atoms with E-state index >= 15 is 0 Å². The molecule has 0 fully saturated rings. The zero-order valence-electron chi connectivity index (χ0n) is 14.3. The SMILES string of the molecule is CCc1ccc(OCC(=O)Nc2ccc(C(=O)NCC(=O)O)cc2)cc1. The van der Waals surface area contributed by atoms with E-state index in [0.717, 1.165) is 6.42 Å². The van der Waals surface area contributed by atoms with Crippen LogP contribution in [0.15, 0.2) is 48.5 Å². The monoisotopic (exact) mass is 356 g/mol. The minimum atomic E-state index is -1.12. The normalized spacial score (nSPS) is 10.0. The number of aliphatic carboxylic acids is 1. The van der Waals surface area contributed by atoms with Crippen LogP contribution in [-0.2, 0) is 16.0 Å². The number of hydrogen-bond acceptors (Lipinski definition) is 4. The van der Waals surface area contributed by atoms with Crippen molar-refractivity contribution < 1.29 is 24.2 Å². The van der Waals surface area contributed by atoms with Crippen molar-refractivity contribution in [1.82, 2.24) is 5.32 Å². The number of benzene rings is 2. The maximum Gasteiger partial charge on any atom is 0.322 e. The van der Waals surface area contributed by atoms with Crippen molar-refractivity contribution in [1.29, 1.82) is 0 Å². The topological polar surface area (TPSA) is 105 Å². The van der Waals surface area contributed by atoms with Gasteiger partial charge in [-0.1, -0.05) is 19.1 Å². The van der Waals surface area contributed by atoms with E-state index in [0.29, 0.717) is 17.0 Å². The Kier molecular flexibility index (Phi) is 6.73.